The van der Waals surface area contributed by atoms with E-state index in [1.54, 1.807) is 0 Å². The summed E-state index contributed by atoms with van der Waals surface area (Å²) in [5.41, 5.74) is 3.47. The minimum atomic E-state index is -0.181. The van der Waals surface area contributed by atoms with E-state index < -0.39 is 0 Å². The molecule has 2 rings (SSSR count). The van der Waals surface area contributed by atoms with Gasteiger partial charge in [-0.15, -0.1) is 0 Å². The molecule has 0 bridgehead atoms. The molecule has 4 nitrogen and oxygen atoms in total. The van der Waals surface area contributed by atoms with Crippen molar-refractivity contribution in [1.82, 2.24) is 10.4 Å². The number of hydrogen-bond acceptors (Lipinski definition) is 3. The zero-order chi connectivity index (χ0) is 13.5. The van der Waals surface area contributed by atoms with Gasteiger partial charge in [0.25, 0.3) is 0 Å². The number of carbonyl (C=O) groups is 1. The van der Waals surface area contributed by atoms with Gasteiger partial charge in [-0.1, -0.05) is 38.5 Å². The second kappa shape index (κ2) is 7.73. The van der Waals surface area contributed by atoms with Gasteiger partial charge in [-0.25, -0.2) is 15.2 Å². The molecule has 1 amide bonds. The number of nitrogens with zero attached hydrogens (tertiary/aromatic N) is 1. The minimum absolute atomic E-state index is 0.181. The Labute approximate surface area is 116 Å². The lowest BCUT2D eigenvalue weighted by atomic mass is 9.94. The van der Waals surface area contributed by atoms with Crippen molar-refractivity contribution in [3.8, 4) is 0 Å². The molecule has 0 aromatic carbocycles. The third kappa shape index (κ3) is 4.37. The number of amides is 1. The van der Waals surface area contributed by atoms with E-state index in [1.807, 2.05) is 11.9 Å². The molecule has 0 saturated heterocycles. The van der Waals surface area contributed by atoms with Gasteiger partial charge in [0.2, 0.25) is 0 Å². The topological polar surface area (TPSA) is 41.6 Å². The number of hydrazine groups is 1. The van der Waals surface area contributed by atoms with Gasteiger partial charge in [0.05, 0.1) is 12.6 Å². The van der Waals surface area contributed by atoms with Crippen molar-refractivity contribution in [2.75, 3.05) is 6.61 Å². The molecule has 1 N–H and O–H groups in total. The molecule has 2 fully saturated rings. The molecule has 4 heteroatoms. The Hall–Kier alpha value is -0.770. The minimum Gasteiger partial charge on any atom is -0.449 e. The summed E-state index contributed by atoms with van der Waals surface area (Å²) in [5, 5.41) is 1.82. The van der Waals surface area contributed by atoms with Crippen LogP contribution in [0.15, 0.2) is 0 Å². The number of ether oxygens (including phenoxy) is 1. The third-order valence-corrected chi connectivity index (χ3v) is 4.33. The van der Waals surface area contributed by atoms with E-state index in [9.17, 15) is 4.79 Å². The lowest BCUT2D eigenvalue weighted by Gasteiger charge is -2.37. The molecule has 2 aliphatic carbocycles. The summed E-state index contributed by atoms with van der Waals surface area (Å²) in [7, 11) is 0. The molecule has 110 valence electrons. The van der Waals surface area contributed by atoms with Crippen LogP contribution in [-0.4, -0.2) is 29.8 Å². The van der Waals surface area contributed by atoms with E-state index in [-0.39, 0.29) is 6.09 Å². The van der Waals surface area contributed by atoms with Gasteiger partial charge in [-0.2, -0.15) is 0 Å². The fourth-order valence-corrected chi connectivity index (χ4v) is 3.27. The molecule has 2 aliphatic rings. The highest BCUT2D eigenvalue weighted by Crippen LogP contribution is 2.24. The monoisotopic (exact) mass is 268 g/mol. The Kier molecular flexibility index (Phi) is 5.95. The van der Waals surface area contributed by atoms with E-state index in [4.69, 9.17) is 4.74 Å². The quantitative estimate of drug-likeness (QED) is 0.792. The summed E-state index contributed by atoms with van der Waals surface area (Å²) >= 11 is 0. The van der Waals surface area contributed by atoms with E-state index in [0.717, 1.165) is 12.8 Å². The Balaban J connectivity index is 1.93. The first kappa shape index (κ1) is 14.6. The molecule has 0 spiro atoms. The van der Waals surface area contributed by atoms with Crippen LogP contribution < -0.4 is 5.43 Å². The maximum Gasteiger partial charge on any atom is 0.424 e. The van der Waals surface area contributed by atoms with E-state index in [1.165, 1.54) is 51.4 Å². The van der Waals surface area contributed by atoms with Gasteiger partial charge >= 0.3 is 6.09 Å². The van der Waals surface area contributed by atoms with Gasteiger partial charge in [-0.05, 0) is 32.6 Å². The molecule has 0 radical (unpaired) electrons. The first-order valence-electron chi connectivity index (χ1n) is 8.03. The summed E-state index contributed by atoms with van der Waals surface area (Å²) < 4.78 is 5.22. The number of nitrogens with one attached hydrogen (secondary N) is 1. The number of rotatable bonds is 4. The molecule has 0 aliphatic heterocycles. The molecule has 2 saturated carbocycles. The van der Waals surface area contributed by atoms with Crippen molar-refractivity contribution in [2.24, 2.45) is 0 Å². The second-order valence-electron chi connectivity index (χ2n) is 5.82. The van der Waals surface area contributed by atoms with Crippen molar-refractivity contribution in [3.05, 3.63) is 0 Å². The highest BCUT2D eigenvalue weighted by molar-refractivity contribution is 5.67. The Bertz CT molecular complexity index is 271. The highest BCUT2D eigenvalue weighted by atomic mass is 16.6. The van der Waals surface area contributed by atoms with Crippen molar-refractivity contribution in [2.45, 2.75) is 83.2 Å². The first-order valence-corrected chi connectivity index (χ1v) is 8.03. The largest absolute Gasteiger partial charge is 0.449 e. The molecule has 0 aromatic heterocycles. The number of carbonyl (C=O) groups excluding carboxylic acids is 1. The predicted octanol–water partition coefficient (Wildman–Crippen LogP) is 3.61. The zero-order valence-electron chi connectivity index (χ0n) is 12.2. The molecule has 19 heavy (non-hydrogen) atoms. The number of hydrogen-bond donors (Lipinski definition) is 1. The highest BCUT2D eigenvalue weighted by Gasteiger charge is 2.29. The Morgan fingerprint density at radius 2 is 1.63 bits per heavy atom. The van der Waals surface area contributed by atoms with Gasteiger partial charge in [0.1, 0.15) is 0 Å². The molecular formula is C15H28N2O2. The van der Waals surface area contributed by atoms with Crippen LogP contribution in [-0.2, 0) is 4.74 Å². The van der Waals surface area contributed by atoms with Crippen LogP contribution in [0, 0.1) is 0 Å². The third-order valence-electron chi connectivity index (χ3n) is 4.33. The van der Waals surface area contributed by atoms with Crippen LogP contribution in [0.1, 0.15) is 71.1 Å². The lowest BCUT2D eigenvalue weighted by molar-refractivity contribution is 0.0396. The normalized spacial score (nSPS) is 22.2. The van der Waals surface area contributed by atoms with Gasteiger partial charge in [0, 0.05) is 6.04 Å². The second-order valence-corrected chi connectivity index (χ2v) is 5.82. The molecule has 0 aromatic rings. The SMILES string of the molecule is CCOC(=O)N(NC1CCCCC1)C1CCCCC1. The summed E-state index contributed by atoms with van der Waals surface area (Å²) in [5.74, 6) is 0. The molecule has 0 heterocycles. The lowest BCUT2D eigenvalue weighted by Crippen LogP contribution is -2.54. The average Bonchev–Trinajstić information content (AvgIpc) is 2.47. The summed E-state index contributed by atoms with van der Waals surface area (Å²) in [4.78, 5) is 12.2. The summed E-state index contributed by atoms with van der Waals surface area (Å²) in [6.07, 6.45) is 12.1. The fraction of sp³-hybridized carbons (Fsp3) is 0.933. The summed E-state index contributed by atoms with van der Waals surface area (Å²) in [6.45, 7) is 2.33. The van der Waals surface area contributed by atoms with Crippen molar-refractivity contribution in [3.63, 3.8) is 0 Å². The van der Waals surface area contributed by atoms with Gasteiger partial charge < -0.3 is 4.74 Å². The predicted molar refractivity (Wildman–Crippen MR) is 75.7 cm³/mol. The molecule has 0 atom stereocenters. The van der Waals surface area contributed by atoms with E-state index in [0.29, 0.717) is 18.7 Å². The summed E-state index contributed by atoms with van der Waals surface area (Å²) in [6, 6.07) is 0.787. The fourth-order valence-electron chi connectivity index (χ4n) is 3.27. The Morgan fingerprint density at radius 1 is 1.05 bits per heavy atom. The van der Waals surface area contributed by atoms with Crippen LogP contribution in [0.2, 0.25) is 0 Å². The smallest absolute Gasteiger partial charge is 0.424 e. The van der Waals surface area contributed by atoms with Crippen LogP contribution >= 0.6 is 0 Å². The maximum atomic E-state index is 12.2. The Morgan fingerprint density at radius 3 is 2.21 bits per heavy atom. The van der Waals surface area contributed by atoms with Gasteiger partial charge in [0.15, 0.2) is 0 Å². The van der Waals surface area contributed by atoms with Crippen LogP contribution in [0.4, 0.5) is 4.79 Å². The van der Waals surface area contributed by atoms with Crippen LogP contribution in [0.5, 0.6) is 0 Å². The maximum absolute atomic E-state index is 12.2. The first-order chi connectivity index (χ1) is 9.31. The molecule has 0 unspecified atom stereocenters. The van der Waals surface area contributed by atoms with Crippen LogP contribution in [0.25, 0.3) is 0 Å². The van der Waals surface area contributed by atoms with E-state index in [2.05, 4.69) is 5.43 Å². The van der Waals surface area contributed by atoms with E-state index >= 15 is 0 Å². The van der Waals surface area contributed by atoms with Gasteiger partial charge in [-0.3, -0.25) is 0 Å². The standard InChI is InChI=1S/C15H28N2O2/c1-2-19-15(18)17(14-11-7-4-8-12-14)16-13-9-5-3-6-10-13/h13-14,16H,2-12H2,1H3. The molecular weight excluding hydrogens is 240 g/mol. The zero-order valence-corrected chi connectivity index (χ0v) is 12.2. The van der Waals surface area contributed by atoms with Crippen molar-refractivity contribution >= 4 is 6.09 Å². The van der Waals surface area contributed by atoms with Crippen molar-refractivity contribution < 1.29 is 9.53 Å². The van der Waals surface area contributed by atoms with Crippen LogP contribution in [0.3, 0.4) is 0 Å². The van der Waals surface area contributed by atoms with Crippen molar-refractivity contribution in [1.29, 1.82) is 0 Å². The average molecular weight is 268 g/mol.